The summed E-state index contributed by atoms with van der Waals surface area (Å²) in [4.78, 5) is 36.4. The summed E-state index contributed by atoms with van der Waals surface area (Å²) in [5.41, 5.74) is -0.438. The molecule has 1 N–H and O–H groups in total. The lowest BCUT2D eigenvalue weighted by Gasteiger charge is -2.22. The number of furan rings is 1. The zero-order valence-electron chi connectivity index (χ0n) is 14.6. The summed E-state index contributed by atoms with van der Waals surface area (Å²) < 4.78 is 9.94. The number of nitro groups is 1. The summed E-state index contributed by atoms with van der Waals surface area (Å²) in [7, 11) is 4.83. The lowest BCUT2D eigenvalue weighted by atomic mass is 10.1. The van der Waals surface area contributed by atoms with Crippen LogP contribution in [-0.2, 0) is 4.74 Å². The number of rotatable bonds is 7. The fourth-order valence-corrected chi connectivity index (χ4v) is 2.39. The van der Waals surface area contributed by atoms with E-state index in [0.717, 1.165) is 19.2 Å². The number of likely N-dealkylation sites (N-methyl/N-ethyl adjacent to an activating group) is 1. The van der Waals surface area contributed by atoms with Crippen molar-refractivity contribution in [2.75, 3.05) is 27.7 Å². The van der Waals surface area contributed by atoms with E-state index in [0.29, 0.717) is 5.76 Å². The molecule has 0 aliphatic rings. The van der Waals surface area contributed by atoms with E-state index in [1.165, 1.54) is 12.3 Å². The molecule has 1 aromatic heterocycles. The molecule has 0 fully saturated rings. The third-order valence-corrected chi connectivity index (χ3v) is 3.76. The number of methoxy groups -OCH3 is 1. The molecule has 0 spiro atoms. The Hall–Kier alpha value is -3.20. The average Bonchev–Trinajstić information content (AvgIpc) is 3.14. The first-order valence-electron chi connectivity index (χ1n) is 7.69. The SMILES string of the molecule is COC(=O)c1cc(C(=O)NCC(c2ccco2)N(C)C)cc([N+](=O)[O-])c1. The minimum absolute atomic E-state index is 0.00319. The molecule has 9 nitrogen and oxygen atoms in total. The molecule has 1 unspecified atom stereocenters. The number of nitrogens with zero attached hydrogens (tertiary/aromatic N) is 2. The third kappa shape index (κ3) is 4.45. The van der Waals surface area contributed by atoms with Crippen LogP contribution in [-0.4, -0.2) is 49.4 Å². The van der Waals surface area contributed by atoms with Crippen LogP contribution < -0.4 is 5.32 Å². The first kappa shape index (κ1) is 19.1. The van der Waals surface area contributed by atoms with E-state index in [1.54, 1.807) is 12.1 Å². The monoisotopic (exact) mass is 361 g/mol. The van der Waals surface area contributed by atoms with Crippen LogP contribution in [0.25, 0.3) is 0 Å². The van der Waals surface area contributed by atoms with Crippen molar-refractivity contribution >= 4 is 17.6 Å². The van der Waals surface area contributed by atoms with Crippen LogP contribution in [0.3, 0.4) is 0 Å². The molecule has 1 heterocycles. The lowest BCUT2D eigenvalue weighted by molar-refractivity contribution is -0.384. The van der Waals surface area contributed by atoms with Gasteiger partial charge in [-0.05, 0) is 32.3 Å². The Kier molecular flexibility index (Phi) is 6.07. The average molecular weight is 361 g/mol. The standard InChI is InChI=1S/C17H19N3O6/c1-19(2)14(15-5-4-6-26-15)10-18-16(21)11-7-12(17(22)25-3)9-13(8-11)20(23)24/h4-9,14H,10H2,1-3H3,(H,18,21). The fraction of sp³-hybridized carbons (Fsp3) is 0.294. The Morgan fingerprint density at radius 1 is 1.31 bits per heavy atom. The second kappa shape index (κ2) is 8.26. The van der Waals surface area contributed by atoms with Crippen LogP contribution in [0, 0.1) is 10.1 Å². The van der Waals surface area contributed by atoms with Gasteiger partial charge in [-0.25, -0.2) is 4.79 Å². The van der Waals surface area contributed by atoms with Gasteiger partial charge in [0.15, 0.2) is 0 Å². The number of hydrogen-bond donors (Lipinski definition) is 1. The maximum absolute atomic E-state index is 12.4. The number of carbonyl (C=O) groups is 2. The molecule has 0 saturated carbocycles. The molecule has 1 amide bonds. The van der Waals surface area contributed by atoms with E-state index in [4.69, 9.17) is 4.42 Å². The van der Waals surface area contributed by atoms with Crippen LogP contribution >= 0.6 is 0 Å². The topological polar surface area (TPSA) is 115 Å². The summed E-state index contributed by atoms with van der Waals surface area (Å²) >= 11 is 0. The quantitative estimate of drug-likeness (QED) is 0.456. The van der Waals surface area contributed by atoms with E-state index < -0.39 is 16.8 Å². The molecule has 2 aromatic rings. The number of amides is 1. The van der Waals surface area contributed by atoms with E-state index >= 15 is 0 Å². The highest BCUT2D eigenvalue weighted by Crippen LogP contribution is 2.20. The van der Waals surface area contributed by atoms with E-state index in [9.17, 15) is 19.7 Å². The summed E-state index contributed by atoms with van der Waals surface area (Å²) in [5.74, 6) is -0.633. The van der Waals surface area contributed by atoms with E-state index in [1.807, 2.05) is 19.0 Å². The smallest absolute Gasteiger partial charge is 0.338 e. The van der Waals surface area contributed by atoms with Gasteiger partial charge in [-0.2, -0.15) is 0 Å². The highest BCUT2D eigenvalue weighted by Gasteiger charge is 2.21. The molecular formula is C17H19N3O6. The Balaban J connectivity index is 2.21. The van der Waals surface area contributed by atoms with Gasteiger partial charge >= 0.3 is 5.97 Å². The van der Waals surface area contributed by atoms with Crippen molar-refractivity contribution < 1.29 is 23.7 Å². The maximum Gasteiger partial charge on any atom is 0.338 e. The largest absolute Gasteiger partial charge is 0.468 e. The van der Waals surface area contributed by atoms with Crippen LogP contribution in [0.1, 0.15) is 32.5 Å². The predicted octanol–water partition coefficient (Wildman–Crippen LogP) is 2.01. The van der Waals surface area contributed by atoms with Gasteiger partial charge in [-0.15, -0.1) is 0 Å². The second-order valence-electron chi connectivity index (χ2n) is 5.72. The van der Waals surface area contributed by atoms with Crippen molar-refractivity contribution in [3.8, 4) is 0 Å². The Bertz CT molecular complexity index is 801. The summed E-state index contributed by atoms with van der Waals surface area (Å²) in [5, 5.41) is 13.8. The highest BCUT2D eigenvalue weighted by atomic mass is 16.6. The van der Waals surface area contributed by atoms with Gasteiger partial charge < -0.3 is 14.5 Å². The molecular weight excluding hydrogens is 342 g/mol. The minimum atomic E-state index is -0.760. The lowest BCUT2D eigenvalue weighted by Crippen LogP contribution is -2.34. The number of ether oxygens (including phenoxy) is 1. The van der Waals surface area contributed by atoms with Crippen molar-refractivity contribution in [2.45, 2.75) is 6.04 Å². The minimum Gasteiger partial charge on any atom is -0.468 e. The Labute approximate surface area is 149 Å². The molecule has 138 valence electrons. The third-order valence-electron chi connectivity index (χ3n) is 3.76. The summed E-state index contributed by atoms with van der Waals surface area (Å²) in [6, 6.07) is 6.75. The zero-order valence-corrected chi connectivity index (χ0v) is 14.6. The summed E-state index contributed by atoms with van der Waals surface area (Å²) in [6.07, 6.45) is 1.54. The zero-order chi connectivity index (χ0) is 19.3. The van der Waals surface area contributed by atoms with Gasteiger partial charge in [0.25, 0.3) is 11.6 Å². The van der Waals surface area contributed by atoms with Crippen molar-refractivity contribution in [2.24, 2.45) is 0 Å². The summed E-state index contributed by atoms with van der Waals surface area (Å²) in [6.45, 7) is 0.218. The number of nitro benzene ring substituents is 1. The molecule has 26 heavy (non-hydrogen) atoms. The molecule has 1 aromatic carbocycles. The van der Waals surface area contributed by atoms with Gasteiger partial charge in [0.1, 0.15) is 5.76 Å². The molecule has 1 atom stereocenters. The van der Waals surface area contributed by atoms with Gasteiger partial charge in [0.2, 0.25) is 0 Å². The maximum atomic E-state index is 12.4. The molecule has 0 aliphatic carbocycles. The fourth-order valence-electron chi connectivity index (χ4n) is 2.39. The number of benzene rings is 1. The van der Waals surface area contributed by atoms with Crippen molar-refractivity contribution in [1.82, 2.24) is 10.2 Å². The molecule has 2 rings (SSSR count). The first-order valence-corrected chi connectivity index (χ1v) is 7.69. The molecule has 0 saturated heterocycles. The first-order chi connectivity index (χ1) is 12.3. The van der Waals surface area contributed by atoms with Crippen LogP contribution in [0.15, 0.2) is 41.0 Å². The number of hydrogen-bond acceptors (Lipinski definition) is 7. The number of carbonyl (C=O) groups excluding carboxylic acids is 2. The molecule has 0 aliphatic heterocycles. The van der Waals surface area contributed by atoms with Crippen LogP contribution in [0.5, 0.6) is 0 Å². The van der Waals surface area contributed by atoms with Gasteiger partial charge in [-0.3, -0.25) is 19.8 Å². The predicted molar refractivity (Wildman–Crippen MR) is 91.9 cm³/mol. The number of nitrogens with one attached hydrogen (secondary N) is 1. The van der Waals surface area contributed by atoms with Crippen LogP contribution in [0.2, 0.25) is 0 Å². The Morgan fingerprint density at radius 2 is 2.00 bits per heavy atom. The second-order valence-corrected chi connectivity index (χ2v) is 5.72. The van der Waals surface area contributed by atoms with Crippen molar-refractivity contribution in [1.29, 1.82) is 0 Å². The van der Waals surface area contributed by atoms with Gasteiger partial charge in [0.05, 0.1) is 29.9 Å². The molecule has 9 heteroatoms. The van der Waals surface area contributed by atoms with Crippen LogP contribution in [0.4, 0.5) is 5.69 Å². The molecule has 0 radical (unpaired) electrons. The van der Waals surface area contributed by atoms with Crippen molar-refractivity contribution in [3.05, 3.63) is 63.6 Å². The Morgan fingerprint density at radius 3 is 2.54 bits per heavy atom. The van der Waals surface area contributed by atoms with Gasteiger partial charge in [-0.1, -0.05) is 0 Å². The molecule has 0 bridgehead atoms. The number of non-ortho nitro benzene ring substituents is 1. The highest BCUT2D eigenvalue weighted by molar-refractivity contribution is 5.99. The van der Waals surface area contributed by atoms with E-state index in [-0.39, 0.29) is 29.4 Å². The van der Waals surface area contributed by atoms with Crippen molar-refractivity contribution in [3.63, 3.8) is 0 Å². The van der Waals surface area contributed by atoms with Gasteiger partial charge in [0, 0.05) is 24.2 Å². The number of esters is 1. The van der Waals surface area contributed by atoms with E-state index in [2.05, 4.69) is 10.1 Å². The normalized spacial score (nSPS) is 11.8.